The molecule has 0 atom stereocenters. The first-order valence-corrected chi connectivity index (χ1v) is 6.88. The highest BCUT2D eigenvalue weighted by Crippen LogP contribution is 2.26. The molecule has 0 aromatic carbocycles. The number of aromatic nitrogens is 2. The molecule has 17 heavy (non-hydrogen) atoms. The van der Waals surface area contributed by atoms with E-state index in [1.165, 1.54) is 0 Å². The summed E-state index contributed by atoms with van der Waals surface area (Å²) in [6, 6.07) is 0.549. The number of rotatable bonds is 7. The summed E-state index contributed by atoms with van der Waals surface area (Å²) in [5.74, 6) is 0. The van der Waals surface area contributed by atoms with Crippen LogP contribution in [0.25, 0.3) is 0 Å². The summed E-state index contributed by atoms with van der Waals surface area (Å²) in [5.41, 5.74) is -0.327. The van der Waals surface area contributed by atoms with Gasteiger partial charge >= 0.3 is 0 Å². The van der Waals surface area contributed by atoms with Gasteiger partial charge in [-0.3, -0.25) is 0 Å². The van der Waals surface area contributed by atoms with Crippen molar-refractivity contribution in [1.29, 1.82) is 0 Å². The Morgan fingerprint density at radius 1 is 1.35 bits per heavy atom. The maximum atomic E-state index is 5.39. The van der Waals surface area contributed by atoms with Crippen molar-refractivity contribution in [3.8, 4) is 0 Å². The minimum atomic E-state index is -0.327. The summed E-state index contributed by atoms with van der Waals surface area (Å²) in [6.07, 6.45) is 2.08. The molecule has 1 aromatic heterocycles. The van der Waals surface area contributed by atoms with Crippen molar-refractivity contribution in [3.05, 3.63) is 10.0 Å². The van der Waals surface area contributed by atoms with Gasteiger partial charge in [-0.2, -0.15) is 0 Å². The van der Waals surface area contributed by atoms with Gasteiger partial charge in [-0.1, -0.05) is 25.2 Å². The molecule has 0 saturated heterocycles. The molecular weight excluding hydrogens is 234 g/mol. The number of hydrogen-bond acceptors (Lipinski definition) is 5. The van der Waals surface area contributed by atoms with Crippen molar-refractivity contribution < 1.29 is 4.74 Å². The van der Waals surface area contributed by atoms with Crippen LogP contribution in [-0.2, 0) is 16.8 Å². The summed E-state index contributed by atoms with van der Waals surface area (Å²) in [6.45, 7) is 9.36. The van der Waals surface area contributed by atoms with Gasteiger partial charge in [0.2, 0.25) is 0 Å². The van der Waals surface area contributed by atoms with Crippen molar-refractivity contribution in [2.24, 2.45) is 0 Å². The van der Waals surface area contributed by atoms with Gasteiger partial charge in [0.1, 0.15) is 15.6 Å². The third-order valence-corrected chi connectivity index (χ3v) is 3.90. The lowest BCUT2D eigenvalue weighted by atomic mass is 10.1. The summed E-state index contributed by atoms with van der Waals surface area (Å²) in [4.78, 5) is 0. The van der Waals surface area contributed by atoms with Crippen LogP contribution in [0, 0.1) is 0 Å². The fourth-order valence-corrected chi connectivity index (χ4v) is 2.28. The Balaban J connectivity index is 2.41. The van der Waals surface area contributed by atoms with Crippen LogP contribution in [0.3, 0.4) is 0 Å². The highest BCUT2D eigenvalue weighted by atomic mass is 32.1. The summed E-state index contributed by atoms with van der Waals surface area (Å²) in [5, 5.41) is 13.8. The quantitative estimate of drug-likeness (QED) is 0.762. The summed E-state index contributed by atoms with van der Waals surface area (Å²) < 4.78 is 5.39. The molecule has 1 N–H and O–H groups in total. The lowest BCUT2D eigenvalue weighted by Crippen LogP contribution is -2.23. The summed E-state index contributed by atoms with van der Waals surface area (Å²) >= 11 is 1.65. The van der Waals surface area contributed by atoms with Gasteiger partial charge in [0.05, 0.1) is 0 Å². The molecule has 1 aromatic rings. The second kappa shape index (κ2) is 6.42. The standard InChI is InChI=1S/C12H23N3OS/c1-9(2)13-8-6-7-10-14-15-11(17-10)12(3,4)16-5/h9,13H,6-8H2,1-5H3. The monoisotopic (exact) mass is 257 g/mol. The predicted octanol–water partition coefficient (Wildman–Crippen LogP) is 2.35. The first-order chi connectivity index (χ1) is 7.95. The highest BCUT2D eigenvalue weighted by molar-refractivity contribution is 7.11. The summed E-state index contributed by atoms with van der Waals surface area (Å²) in [7, 11) is 1.70. The van der Waals surface area contributed by atoms with Gasteiger partial charge in [-0.15, -0.1) is 10.2 Å². The van der Waals surface area contributed by atoms with E-state index in [1.54, 1.807) is 18.4 Å². The van der Waals surface area contributed by atoms with Crippen molar-refractivity contribution in [1.82, 2.24) is 15.5 Å². The smallest absolute Gasteiger partial charge is 0.148 e. The zero-order valence-corrected chi connectivity index (χ0v) is 12.2. The molecule has 0 radical (unpaired) electrons. The Labute approximate surface area is 108 Å². The van der Waals surface area contributed by atoms with E-state index in [2.05, 4.69) is 29.4 Å². The maximum absolute atomic E-state index is 5.39. The molecule has 0 aliphatic heterocycles. The van der Waals surface area contributed by atoms with Gasteiger partial charge in [0, 0.05) is 19.6 Å². The second-order valence-electron chi connectivity index (χ2n) is 4.93. The van der Waals surface area contributed by atoms with Crippen LogP contribution >= 0.6 is 11.3 Å². The van der Waals surface area contributed by atoms with Crippen LogP contribution in [-0.4, -0.2) is 29.9 Å². The molecule has 1 heterocycles. The van der Waals surface area contributed by atoms with E-state index in [9.17, 15) is 0 Å². The van der Waals surface area contributed by atoms with Crippen molar-refractivity contribution in [2.45, 2.75) is 52.2 Å². The van der Waals surface area contributed by atoms with Crippen molar-refractivity contribution in [2.75, 3.05) is 13.7 Å². The van der Waals surface area contributed by atoms with Crippen LogP contribution in [0.15, 0.2) is 0 Å². The zero-order valence-electron chi connectivity index (χ0n) is 11.4. The number of nitrogens with zero attached hydrogens (tertiary/aromatic N) is 2. The predicted molar refractivity (Wildman–Crippen MR) is 71.4 cm³/mol. The van der Waals surface area contributed by atoms with Crippen LogP contribution < -0.4 is 5.32 Å². The van der Waals surface area contributed by atoms with E-state index in [0.29, 0.717) is 6.04 Å². The van der Waals surface area contributed by atoms with Crippen LogP contribution in [0.2, 0.25) is 0 Å². The molecular formula is C12H23N3OS. The van der Waals surface area contributed by atoms with E-state index in [4.69, 9.17) is 4.74 Å². The van der Waals surface area contributed by atoms with Crippen LogP contribution in [0.5, 0.6) is 0 Å². The topological polar surface area (TPSA) is 47.0 Å². The molecule has 5 heteroatoms. The van der Waals surface area contributed by atoms with E-state index in [1.807, 2.05) is 13.8 Å². The highest BCUT2D eigenvalue weighted by Gasteiger charge is 2.24. The normalized spacial score (nSPS) is 12.4. The average Bonchev–Trinajstić information content (AvgIpc) is 2.73. The lowest BCUT2D eigenvalue weighted by molar-refractivity contribution is 0.0185. The largest absolute Gasteiger partial charge is 0.372 e. The lowest BCUT2D eigenvalue weighted by Gasteiger charge is -2.18. The molecule has 0 aliphatic rings. The number of aryl methyl sites for hydroxylation is 1. The van der Waals surface area contributed by atoms with Crippen molar-refractivity contribution >= 4 is 11.3 Å². The van der Waals surface area contributed by atoms with E-state index in [0.717, 1.165) is 29.4 Å². The molecule has 1 rings (SSSR count). The Morgan fingerprint density at radius 2 is 2.06 bits per heavy atom. The fraction of sp³-hybridized carbons (Fsp3) is 0.833. The Morgan fingerprint density at radius 3 is 2.65 bits per heavy atom. The molecule has 0 spiro atoms. The third-order valence-electron chi connectivity index (χ3n) is 2.61. The molecule has 0 bridgehead atoms. The van der Waals surface area contributed by atoms with Crippen LogP contribution in [0.1, 0.15) is 44.1 Å². The van der Waals surface area contributed by atoms with E-state index >= 15 is 0 Å². The molecule has 0 amide bonds. The number of methoxy groups -OCH3 is 1. The minimum absolute atomic E-state index is 0.327. The SMILES string of the molecule is COC(C)(C)c1nnc(CCCNC(C)C)s1. The third kappa shape index (κ3) is 4.69. The van der Waals surface area contributed by atoms with Crippen LogP contribution in [0.4, 0.5) is 0 Å². The zero-order chi connectivity index (χ0) is 12.9. The van der Waals surface area contributed by atoms with Gasteiger partial charge in [-0.05, 0) is 26.8 Å². The van der Waals surface area contributed by atoms with Gasteiger partial charge in [0.15, 0.2) is 0 Å². The number of ether oxygens (including phenoxy) is 1. The van der Waals surface area contributed by atoms with Crippen molar-refractivity contribution in [3.63, 3.8) is 0 Å². The molecule has 98 valence electrons. The average molecular weight is 257 g/mol. The molecule has 4 nitrogen and oxygen atoms in total. The fourth-order valence-electron chi connectivity index (χ4n) is 1.32. The Hall–Kier alpha value is -0.520. The minimum Gasteiger partial charge on any atom is -0.372 e. The molecule has 0 fully saturated rings. The number of nitrogens with one attached hydrogen (secondary N) is 1. The Bertz CT molecular complexity index is 336. The Kier molecular flexibility index (Phi) is 5.49. The maximum Gasteiger partial charge on any atom is 0.148 e. The molecule has 0 unspecified atom stereocenters. The van der Waals surface area contributed by atoms with Gasteiger partial charge in [0.25, 0.3) is 0 Å². The van der Waals surface area contributed by atoms with E-state index in [-0.39, 0.29) is 5.60 Å². The second-order valence-corrected chi connectivity index (χ2v) is 5.99. The molecule has 0 saturated carbocycles. The van der Waals surface area contributed by atoms with Gasteiger partial charge < -0.3 is 10.1 Å². The molecule has 0 aliphatic carbocycles. The van der Waals surface area contributed by atoms with Gasteiger partial charge in [-0.25, -0.2) is 0 Å². The first kappa shape index (κ1) is 14.5. The first-order valence-electron chi connectivity index (χ1n) is 6.07. The van der Waals surface area contributed by atoms with E-state index < -0.39 is 0 Å². The number of hydrogen-bond donors (Lipinski definition) is 1.